The molecule has 0 amide bonds. The topological polar surface area (TPSA) is 12.5 Å². The van der Waals surface area contributed by atoms with Crippen molar-refractivity contribution in [3.8, 4) is 0 Å². The van der Waals surface area contributed by atoms with Crippen LogP contribution < -0.4 is 0 Å². The van der Waals surface area contributed by atoms with E-state index in [0.717, 1.165) is 13.0 Å². The van der Waals surface area contributed by atoms with Crippen LogP contribution in [0.2, 0.25) is 0 Å². The molecule has 0 radical (unpaired) electrons. The first-order valence-corrected chi connectivity index (χ1v) is 4.49. The Kier molecular flexibility index (Phi) is 6.57. The maximum atomic E-state index is 5.33. The molecule has 1 unspecified atom stereocenters. The molecule has 2 heteroatoms. The third-order valence-electron chi connectivity index (χ3n) is 1.88. The molecule has 0 aromatic rings. The van der Waals surface area contributed by atoms with Gasteiger partial charge in [-0.05, 0) is 26.4 Å². The summed E-state index contributed by atoms with van der Waals surface area (Å²) in [5.41, 5.74) is 0. The van der Waals surface area contributed by atoms with Crippen molar-refractivity contribution in [1.29, 1.82) is 0 Å². The molecule has 0 N–H and O–H groups in total. The quantitative estimate of drug-likeness (QED) is 0.550. The summed E-state index contributed by atoms with van der Waals surface area (Å²) in [4.78, 5) is 2.27. The lowest BCUT2D eigenvalue weighted by Gasteiger charge is -2.25. The highest BCUT2D eigenvalue weighted by Crippen LogP contribution is 2.05. The standard InChI is InChI=1S/C9H21NO/c1-5-7-9(11-4)10(3)8-6-2/h9H,5-8H2,1-4H3. The van der Waals surface area contributed by atoms with Gasteiger partial charge in [-0.1, -0.05) is 20.3 Å². The number of hydrogen-bond acceptors (Lipinski definition) is 2. The predicted octanol–water partition coefficient (Wildman–Crippen LogP) is 2.10. The average Bonchev–Trinajstić information content (AvgIpc) is 2.00. The summed E-state index contributed by atoms with van der Waals surface area (Å²) in [5, 5.41) is 0. The van der Waals surface area contributed by atoms with E-state index in [1.807, 2.05) is 0 Å². The van der Waals surface area contributed by atoms with Gasteiger partial charge >= 0.3 is 0 Å². The smallest absolute Gasteiger partial charge is 0.109 e. The van der Waals surface area contributed by atoms with Crippen LogP contribution in [0.25, 0.3) is 0 Å². The van der Waals surface area contributed by atoms with E-state index in [2.05, 4.69) is 25.8 Å². The Morgan fingerprint density at radius 1 is 1.27 bits per heavy atom. The van der Waals surface area contributed by atoms with Crippen molar-refractivity contribution in [1.82, 2.24) is 4.90 Å². The molecule has 0 saturated carbocycles. The summed E-state index contributed by atoms with van der Waals surface area (Å²) in [6.45, 7) is 5.50. The zero-order valence-corrected chi connectivity index (χ0v) is 8.26. The first-order valence-electron chi connectivity index (χ1n) is 4.49. The van der Waals surface area contributed by atoms with Gasteiger partial charge in [0.2, 0.25) is 0 Å². The lowest BCUT2D eigenvalue weighted by Crippen LogP contribution is -2.33. The molecule has 68 valence electrons. The van der Waals surface area contributed by atoms with Crippen LogP contribution in [0.3, 0.4) is 0 Å². The fourth-order valence-electron chi connectivity index (χ4n) is 1.26. The van der Waals surface area contributed by atoms with E-state index in [0.29, 0.717) is 6.23 Å². The normalized spacial score (nSPS) is 13.9. The molecule has 0 spiro atoms. The Bertz CT molecular complexity index is 85.6. The Morgan fingerprint density at radius 3 is 2.27 bits per heavy atom. The summed E-state index contributed by atoms with van der Waals surface area (Å²) in [6, 6.07) is 0. The molecule has 0 heterocycles. The lowest BCUT2D eigenvalue weighted by atomic mass is 10.3. The molecule has 0 aliphatic heterocycles. The van der Waals surface area contributed by atoms with Crippen molar-refractivity contribution in [2.75, 3.05) is 20.7 Å². The highest BCUT2D eigenvalue weighted by Gasteiger charge is 2.10. The van der Waals surface area contributed by atoms with Crippen LogP contribution in [-0.2, 0) is 4.74 Å². The zero-order valence-electron chi connectivity index (χ0n) is 8.26. The second-order valence-electron chi connectivity index (χ2n) is 2.96. The minimum absolute atomic E-state index is 0.319. The van der Waals surface area contributed by atoms with Gasteiger partial charge in [-0.2, -0.15) is 0 Å². The monoisotopic (exact) mass is 159 g/mol. The van der Waals surface area contributed by atoms with E-state index in [-0.39, 0.29) is 0 Å². The molecule has 11 heavy (non-hydrogen) atoms. The summed E-state index contributed by atoms with van der Waals surface area (Å²) in [6.07, 6.45) is 3.83. The second-order valence-corrected chi connectivity index (χ2v) is 2.96. The number of rotatable bonds is 6. The van der Waals surface area contributed by atoms with Gasteiger partial charge in [0.1, 0.15) is 6.23 Å². The van der Waals surface area contributed by atoms with Crippen molar-refractivity contribution < 1.29 is 4.74 Å². The molecule has 0 fully saturated rings. The Morgan fingerprint density at radius 2 is 1.91 bits per heavy atom. The van der Waals surface area contributed by atoms with Gasteiger partial charge < -0.3 is 4.74 Å². The molecule has 2 nitrogen and oxygen atoms in total. The third-order valence-corrected chi connectivity index (χ3v) is 1.88. The zero-order chi connectivity index (χ0) is 8.69. The van der Waals surface area contributed by atoms with Crippen molar-refractivity contribution in [3.05, 3.63) is 0 Å². The first kappa shape index (κ1) is 10.9. The van der Waals surface area contributed by atoms with Crippen molar-refractivity contribution >= 4 is 0 Å². The van der Waals surface area contributed by atoms with Crippen molar-refractivity contribution in [2.45, 2.75) is 39.3 Å². The van der Waals surface area contributed by atoms with Gasteiger partial charge in [-0.25, -0.2) is 0 Å². The molecular formula is C9H21NO. The largest absolute Gasteiger partial charge is 0.366 e. The Hall–Kier alpha value is -0.0800. The molecule has 0 aromatic heterocycles. The minimum Gasteiger partial charge on any atom is -0.366 e. The van der Waals surface area contributed by atoms with Crippen LogP contribution in [0.5, 0.6) is 0 Å². The van der Waals surface area contributed by atoms with E-state index in [1.165, 1.54) is 12.8 Å². The van der Waals surface area contributed by atoms with E-state index in [9.17, 15) is 0 Å². The SMILES string of the molecule is CCCC(OC)N(C)CCC. The lowest BCUT2D eigenvalue weighted by molar-refractivity contribution is -0.0233. The molecule has 1 atom stereocenters. The Labute approximate surface area is 70.5 Å². The van der Waals surface area contributed by atoms with Gasteiger partial charge in [-0.3, -0.25) is 4.90 Å². The van der Waals surface area contributed by atoms with Gasteiger partial charge in [0, 0.05) is 7.11 Å². The van der Waals surface area contributed by atoms with Crippen LogP contribution in [0, 0.1) is 0 Å². The number of ether oxygens (including phenoxy) is 1. The minimum atomic E-state index is 0.319. The van der Waals surface area contributed by atoms with Gasteiger partial charge in [0.15, 0.2) is 0 Å². The molecule has 0 bridgehead atoms. The molecule has 0 rings (SSSR count). The molecule has 0 saturated heterocycles. The maximum absolute atomic E-state index is 5.33. The fraction of sp³-hybridized carbons (Fsp3) is 1.00. The van der Waals surface area contributed by atoms with Crippen LogP contribution >= 0.6 is 0 Å². The number of nitrogens with zero attached hydrogens (tertiary/aromatic N) is 1. The number of hydrogen-bond donors (Lipinski definition) is 0. The molecule has 0 aromatic carbocycles. The fourth-order valence-corrected chi connectivity index (χ4v) is 1.26. The average molecular weight is 159 g/mol. The molecular weight excluding hydrogens is 138 g/mol. The first-order chi connectivity index (χ1) is 5.26. The Balaban J connectivity index is 3.61. The third kappa shape index (κ3) is 4.38. The van der Waals surface area contributed by atoms with E-state index >= 15 is 0 Å². The maximum Gasteiger partial charge on any atom is 0.109 e. The predicted molar refractivity (Wildman–Crippen MR) is 48.6 cm³/mol. The summed E-state index contributed by atoms with van der Waals surface area (Å²) < 4.78 is 5.33. The molecule has 0 aliphatic carbocycles. The van der Waals surface area contributed by atoms with Crippen molar-refractivity contribution in [3.63, 3.8) is 0 Å². The highest BCUT2D eigenvalue weighted by atomic mass is 16.5. The number of methoxy groups -OCH3 is 1. The van der Waals surface area contributed by atoms with Gasteiger partial charge in [0.05, 0.1) is 0 Å². The van der Waals surface area contributed by atoms with Crippen LogP contribution in [-0.4, -0.2) is 31.8 Å². The second kappa shape index (κ2) is 6.62. The highest BCUT2D eigenvalue weighted by molar-refractivity contribution is 4.56. The van der Waals surface area contributed by atoms with Crippen LogP contribution in [0.15, 0.2) is 0 Å². The van der Waals surface area contributed by atoms with E-state index in [1.54, 1.807) is 7.11 Å². The molecule has 0 aliphatic rings. The summed E-state index contributed by atoms with van der Waals surface area (Å²) in [7, 11) is 3.90. The summed E-state index contributed by atoms with van der Waals surface area (Å²) in [5.74, 6) is 0. The van der Waals surface area contributed by atoms with Gasteiger partial charge in [0.25, 0.3) is 0 Å². The summed E-state index contributed by atoms with van der Waals surface area (Å²) >= 11 is 0. The van der Waals surface area contributed by atoms with E-state index in [4.69, 9.17) is 4.74 Å². The van der Waals surface area contributed by atoms with Crippen LogP contribution in [0.1, 0.15) is 33.1 Å². The van der Waals surface area contributed by atoms with Crippen molar-refractivity contribution in [2.24, 2.45) is 0 Å². The van der Waals surface area contributed by atoms with E-state index < -0.39 is 0 Å². The van der Waals surface area contributed by atoms with Crippen LogP contribution in [0.4, 0.5) is 0 Å². The van der Waals surface area contributed by atoms with Gasteiger partial charge in [-0.15, -0.1) is 0 Å².